The Hall–Kier alpha value is -2.50. The normalized spacial score (nSPS) is 12.3. The average Bonchev–Trinajstić information content (AvgIpc) is 2.52. The van der Waals surface area contributed by atoms with E-state index in [1.165, 1.54) is 12.1 Å². The number of alkyl halides is 2. The fourth-order valence-electron chi connectivity index (χ4n) is 2.15. The van der Waals surface area contributed by atoms with Crippen molar-refractivity contribution in [3.8, 4) is 5.75 Å². The van der Waals surface area contributed by atoms with Gasteiger partial charge in [-0.05, 0) is 18.6 Å². The third kappa shape index (κ3) is 4.03. The quantitative estimate of drug-likeness (QED) is 0.678. The van der Waals surface area contributed by atoms with Crippen LogP contribution < -0.4 is 10.5 Å². The van der Waals surface area contributed by atoms with Crippen molar-refractivity contribution in [3.63, 3.8) is 0 Å². The van der Waals surface area contributed by atoms with Crippen LogP contribution in [0.1, 0.15) is 29.3 Å². The van der Waals surface area contributed by atoms with Gasteiger partial charge in [-0.1, -0.05) is 24.3 Å². The number of methoxy groups -OCH3 is 1. The van der Waals surface area contributed by atoms with E-state index in [0.717, 1.165) is 18.1 Å². The molecule has 1 heterocycles. The zero-order valence-corrected chi connectivity index (χ0v) is 13.3. The maximum Gasteiger partial charge on any atom is 0.270 e. The molecule has 2 rings (SSSR count). The Labute approximate surface area is 134 Å². The molecule has 4 nitrogen and oxygen atoms in total. The van der Waals surface area contributed by atoms with Gasteiger partial charge in [0.25, 0.3) is 5.92 Å². The molecule has 0 atom stereocenters. The SMILES string of the molecule is COc1ccnc(C(N)=NCc2ccc(C(C)(F)F)cc2)c1C. The number of nitrogens with zero attached hydrogens (tertiary/aromatic N) is 2. The molecule has 23 heavy (non-hydrogen) atoms. The second-order valence-electron chi connectivity index (χ2n) is 5.27. The lowest BCUT2D eigenvalue weighted by Gasteiger charge is -2.11. The lowest BCUT2D eigenvalue weighted by Crippen LogP contribution is -2.17. The van der Waals surface area contributed by atoms with E-state index >= 15 is 0 Å². The van der Waals surface area contributed by atoms with Crippen LogP contribution in [0.15, 0.2) is 41.5 Å². The molecule has 122 valence electrons. The van der Waals surface area contributed by atoms with Crippen molar-refractivity contribution in [3.05, 3.63) is 58.9 Å². The largest absolute Gasteiger partial charge is 0.496 e. The molecule has 0 amide bonds. The first-order valence-electron chi connectivity index (χ1n) is 7.10. The van der Waals surface area contributed by atoms with E-state index in [9.17, 15) is 8.78 Å². The van der Waals surface area contributed by atoms with Crippen molar-refractivity contribution in [1.29, 1.82) is 0 Å². The fraction of sp³-hybridized carbons (Fsp3) is 0.294. The first kappa shape index (κ1) is 16.9. The van der Waals surface area contributed by atoms with Crippen molar-refractivity contribution in [2.45, 2.75) is 26.3 Å². The number of halogens is 2. The monoisotopic (exact) mass is 319 g/mol. The Morgan fingerprint density at radius 3 is 2.48 bits per heavy atom. The first-order valence-corrected chi connectivity index (χ1v) is 7.10. The molecule has 6 heteroatoms. The fourth-order valence-corrected chi connectivity index (χ4v) is 2.15. The lowest BCUT2D eigenvalue weighted by molar-refractivity contribution is 0.0174. The van der Waals surface area contributed by atoms with Crippen molar-refractivity contribution in [2.75, 3.05) is 7.11 Å². The molecule has 0 fully saturated rings. The maximum absolute atomic E-state index is 13.2. The zero-order chi connectivity index (χ0) is 17.0. The highest BCUT2D eigenvalue weighted by Crippen LogP contribution is 2.27. The smallest absolute Gasteiger partial charge is 0.270 e. The number of hydrogen-bond acceptors (Lipinski definition) is 3. The number of aliphatic imine (C=N–C) groups is 1. The third-order valence-corrected chi connectivity index (χ3v) is 3.51. The second kappa shape index (κ2) is 6.73. The summed E-state index contributed by atoms with van der Waals surface area (Å²) in [6.07, 6.45) is 1.60. The highest BCUT2D eigenvalue weighted by Gasteiger charge is 2.23. The molecule has 0 spiro atoms. The summed E-state index contributed by atoms with van der Waals surface area (Å²) in [5.74, 6) is -1.88. The van der Waals surface area contributed by atoms with Crippen LogP contribution in [-0.4, -0.2) is 17.9 Å². The Morgan fingerprint density at radius 2 is 1.91 bits per heavy atom. The van der Waals surface area contributed by atoms with Crippen molar-refractivity contribution >= 4 is 5.84 Å². The maximum atomic E-state index is 13.2. The molecule has 0 saturated heterocycles. The summed E-state index contributed by atoms with van der Waals surface area (Å²) in [5, 5.41) is 0. The Kier molecular flexibility index (Phi) is 4.93. The second-order valence-corrected chi connectivity index (χ2v) is 5.27. The van der Waals surface area contributed by atoms with Gasteiger partial charge in [-0.3, -0.25) is 9.98 Å². The van der Waals surface area contributed by atoms with Crippen LogP contribution >= 0.6 is 0 Å². The standard InChI is InChI=1S/C17H19F2N3O/c1-11-14(23-3)8-9-21-15(11)16(20)22-10-12-4-6-13(7-5-12)17(2,18)19/h4-9H,10H2,1-3H3,(H2,20,22). The van der Waals surface area contributed by atoms with Crippen molar-refractivity contribution in [1.82, 2.24) is 4.98 Å². The van der Waals surface area contributed by atoms with E-state index in [4.69, 9.17) is 10.5 Å². The average molecular weight is 319 g/mol. The minimum absolute atomic E-state index is 0.0245. The van der Waals surface area contributed by atoms with Crippen LogP contribution in [0, 0.1) is 6.92 Å². The lowest BCUT2D eigenvalue weighted by atomic mass is 10.1. The number of hydrogen-bond donors (Lipinski definition) is 1. The van der Waals surface area contributed by atoms with Gasteiger partial charge >= 0.3 is 0 Å². The number of aromatic nitrogens is 1. The van der Waals surface area contributed by atoms with E-state index in [1.54, 1.807) is 31.5 Å². The van der Waals surface area contributed by atoms with Crippen LogP contribution in [0.3, 0.4) is 0 Å². The van der Waals surface area contributed by atoms with E-state index in [0.29, 0.717) is 18.0 Å². The summed E-state index contributed by atoms with van der Waals surface area (Å²) in [6.45, 7) is 3.01. The van der Waals surface area contributed by atoms with Crippen LogP contribution in [0.5, 0.6) is 5.75 Å². The van der Waals surface area contributed by atoms with Crippen LogP contribution in [0.25, 0.3) is 0 Å². The number of nitrogens with two attached hydrogens (primary N) is 1. The number of benzene rings is 1. The predicted molar refractivity (Wildman–Crippen MR) is 86.0 cm³/mol. The Balaban J connectivity index is 2.17. The molecule has 0 radical (unpaired) electrons. The van der Waals surface area contributed by atoms with Gasteiger partial charge in [0.1, 0.15) is 17.3 Å². The van der Waals surface area contributed by atoms with Gasteiger partial charge in [0.05, 0.1) is 13.7 Å². The van der Waals surface area contributed by atoms with Crippen molar-refractivity contribution < 1.29 is 13.5 Å². The molecule has 1 aromatic carbocycles. The molecule has 0 bridgehead atoms. The van der Waals surface area contributed by atoms with Gasteiger partial charge in [0, 0.05) is 24.2 Å². The van der Waals surface area contributed by atoms with Crippen LogP contribution in [-0.2, 0) is 12.5 Å². The molecule has 2 N–H and O–H groups in total. The molecule has 0 aliphatic rings. The Bertz CT molecular complexity index is 707. The summed E-state index contributed by atoms with van der Waals surface area (Å²) >= 11 is 0. The molecular formula is C17H19F2N3O. The minimum atomic E-state index is -2.84. The summed E-state index contributed by atoms with van der Waals surface area (Å²) in [7, 11) is 1.57. The minimum Gasteiger partial charge on any atom is -0.496 e. The zero-order valence-electron chi connectivity index (χ0n) is 13.3. The summed E-state index contributed by atoms with van der Waals surface area (Å²) < 4.78 is 31.6. The topological polar surface area (TPSA) is 60.5 Å². The van der Waals surface area contributed by atoms with Crippen LogP contribution in [0.4, 0.5) is 8.78 Å². The van der Waals surface area contributed by atoms with Crippen molar-refractivity contribution in [2.24, 2.45) is 10.7 Å². The van der Waals surface area contributed by atoms with E-state index in [1.807, 2.05) is 6.92 Å². The Morgan fingerprint density at radius 1 is 1.26 bits per heavy atom. The third-order valence-electron chi connectivity index (χ3n) is 3.51. The summed E-state index contributed by atoms with van der Waals surface area (Å²) in [6, 6.07) is 7.78. The number of pyridine rings is 1. The summed E-state index contributed by atoms with van der Waals surface area (Å²) in [5.41, 5.74) is 8.11. The first-order chi connectivity index (χ1) is 10.8. The molecule has 0 aliphatic carbocycles. The van der Waals surface area contributed by atoms with Gasteiger partial charge in [-0.15, -0.1) is 0 Å². The van der Waals surface area contributed by atoms with E-state index < -0.39 is 5.92 Å². The van der Waals surface area contributed by atoms with Gasteiger partial charge in [0.15, 0.2) is 0 Å². The van der Waals surface area contributed by atoms with Crippen LogP contribution in [0.2, 0.25) is 0 Å². The number of amidine groups is 1. The van der Waals surface area contributed by atoms with Gasteiger partial charge in [-0.25, -0.2) is 8.78 Å². The van der Waals surface area contributed by atoms with Gasteiger partial charge < -0.3 is 10.5 Å². The molecular weight excluding hydrogens is 300 g/mol. The molecule has 1 aromatic heterocycles. The molecule has 0 saturated carbocycles. The summed E-state index contributed by atoms with van der Waals surface area (Å²) in [4.78, 5) is 8.49. The molecule has 2 aromatic rings. The van der Waals surface area contributed by atoms with Gasteiger partial charge in [-0.2, -0.15) is 0 Å². The van der Waals surface area contributed by atoms with E-state index in [2.05, 4.69) is 9.98 Å². The molecule has 0 aliphatic heterocycles. The number of ether oxygens (including phenoxy) is 1. The predicted octanol–water partition coefficient (Wildman–Crippen LogP) is 3.42. The van der Waals surface area contributed by atoms with Gasteiger partial charge in [0.2, 0.25) is 0 Å². The highest BCUT2D eigenvalue weighted by atomic mass is 19.3. The van der Waals surface area contributed by atoms with E-state index in [-0.39, 0.29) is 11.4 Å². The number of rotatable bonds is 5. The highest BCUT2D eigenvalue weighted by molar-refractivity contribution is 5.97. The molecule has 0 unspecified atom stereocenters.